The topological polar surface area (TPSA) is 73.0 Å². The van der Waals surface area contributed by atoms with Gasteiger partial charge in [0.25, 0.3) is 11.5 Å². The maximum absolute atomic E-state index is 12.6. The van der Waals surface area contributed by atoms with Gasteiger partial charge in [-0.25, -0.2) is 0 Å². The van der Waals surface area contributed by atoms with E-state index in [1.807, 2.05) is 31.4 Å². The van der Waals surface area contributed by atoms with Crippen molar-refractivity contribution < 1.29 is 4.79 Å². The van der Waals surface area contributed by atoms with Gasteiger partial charge < -0.3 is 4.90 Å². The van der Waals surface area contributed by atoms with Crippen molar-refractivity contribution in [3.05, 3.63) is 76.5 Å². The number of rotatable bonds is 4. The van der Waals surface area contributed by atoms with Crippen LogP contribution in [0.2, 0.25) is 0 Å². The second-order valence-corrected chi connectivity index (χ2v) is 5.49. The molecule has 122 valence electrons. The summed E-state index contributed by atoms with van der Waals surface area (Å²) in [7, 11) is 3.51. The summed E-state index contributed by atoms with van der Waals surface area (Å²) in [4.78, 5) is 26.1. The molecule has 3 aromatic rings. The van der Waals surface area contributed by atoms with E-state index in [0.717, 1.165) is 5.56 Å². The van der Waals surface area contributed by atoms with E-state index >= 15 is 0 Å². The first kappa shape index (κ1) is 15.7. The molecular weight excluding hydrogens is 306 g/mol. The zero-order chi connectivity index (χ0) is 17.1. The van der Waals surface area contributed by atoms with Gasteiger partial charge in [0.15, 0.2) is 0 Å². The van der Waals surface area contributed by atoms with Gasteiger partial charge in [-0.1, -0.05) is 18.2 Å². The molecule has 0 aliphatic carbocycles. The highest BCUT2D eigenvalue weighted by molar-refractivity contribution is 5.91. The Kier molecular flexibility index (Phi) is 4.24. The maximum Gasteiger partial charge on any atom is 0.274 e. The monoisotopic (exact) mass is 323 g/mol. The molecule has 0 radical (unpaired) electrons. The number of nitrogens with zero attached hydrogens (tertiary/aromatic N) is 5. The Morgan fingerprint density at radius 3 is 2.58 bits per heavy atom. The molecule has 2 heterocycles. The van der Waals surface area contributed by atoms with Crippen LogP contribution in [0.15, 0.2) is 59.7 Å². The fraction of sp³-hybridized carbons (Fsp3) is 0.176. The summed E-state index contributed by atoms with van der Waals surface area (Å²) in [5.41, 5.74) is 1.47. The lowest BCUT2D eigenvalue weighted by atomic mass is 10.3. The minimum atomic E-state index is -0.285. The number of para-hydroxylation sites is 1. The Balaban J connectivity index is 1.86. The Morgan fingerprint density at radius 2 is 1.92 bits per heavy atom. The molecule has 0 N–H and O–H groups in total. The average Bonchev–Trinajstić information content (AvgIpc) is 3.00. The van der Waals surface area contributed by atoms with Crippen molar-refractivity contribution in [1.29, 1.82) is 0 Å². The molecule has 2 aromatic heterocycles. The number of carbonyl (C=O) groups excluding carboxylic acids is 1. The number of aromatic nitrogens is 4. The van der Waals surface area contributed by atoms with E-state index in [1.54, 1.807) is 35.0 Å². The molecule has 0 unspecified atom stereocenters. The summed E-state index contributed by atoms with van der Waals surface area (Å²) in [6.07, 6.45) is 3.56. The van der Waals surface area contributed by atoms with Gasteiger partial charge >= 0.3 is 0 Å². The lowest BCUT2D eigenvalue weighted by Gasteiger charge is -2.16. The van der Waals surface area contributed by atoms with Crippen LogP contribution >= 0.6 is 0 Å². The molecule has 0 aliphatic heterocycles. The highest BCUT2D eigenvalue weighted by atomic mass is 16.2. The van der Waals surface area contributed by atoms with Crippen molar-refractivity contribution in [2.75, 3.05) is 7.05 Å². The first-order valence-corrected chi connectivity index (χ1v) is 7.43. The van der Waals surface area contributed by atoms with Gasteiger partial charge in [-0.2, -0.15) is 14.9 Å². The van der Waals surface area contributed by atoms with Gasteiger partial charge in [0, 0.05) is 38.5 Å². The van der Waals surface area contributed by atoms with Gasteiger partial charge in [-0.05, 0) is 18.2 Å². The number of amides is 1. The van der Waals surface area contributed by atoms with Crippen molar-refractivity contribution in [3.63, 3.8) is 0 Å². The quantitative estimate of drug-likeness (QED) is 0.724. The van der Waals surface area contributed by atoms with Crippen molar-refractivity contribution >= 4 is 5.91 Å². The third-order valence-electron chi connectivity index (χ3n) is 3.54. The van der Waals surface area contributed by atoms with Crippen LogP contribution in [0.25, 0.3) is 5.69 Å². The van der Waals surface area contributed by atoms with E-state index in [2.05, 4.69) is 10.2 Å². The maximum atomic E-state index is 12.6. The molecule has 0 saturated carbocycles. The van der Waals surface area contributed by atoms with Crippen LogP contribution in [-0.4, -0.2) is 37.4 Å². The molecule has 0 bridgehead atoms. The van der Waals surface area contributed by atoms with E-state index in [4.69, 9.17) is 0 Å². The van der Waals surface area contributed by atoms with E-state index in [9.17, 15) is 9.59 Å². The highest BCUT2D eigenvalue weighted by Gasteiger charge is 2.16. The summed E-state index contributed by atoms with van der Waals surface area (Å²) in [6, 6.07) is 11.8. The fourth-order valence-corrected chi connectivity index (χ4v) is 2.37. The van der Waals surface area contributed by atoms with E-state index in [1.165, 1.54) is 16.8 Å². The number of carbonyl (C=O) groups is 1. The van der Waals surface area contributed by atoms with Crippen LogP contribution in [0.4, 0.5) is 0 Å². The number of benzene rings is 1. The molecule has 0 saturated heterocycles. The summed E-state index contributed by atoms with van der Waals surface area (Å²) in [6.45, 7) is 0.415. The minimum absolute atomic E-state index is 0.213. The Hall–Kier alpha value is -3.22. The molecule has 0 atom stereocenters. The summed E-state index contributed by atoms with van der Waals surface area (Å²) < 4.78 is 2.91. The highest BCUT2D eigenvalue weighted by Crippen LogP contribution is 2.07. The first-order valence-electron chi connectivity index (χ1n) is 7.43. The van der Waals surface area contributed by atoms with E-state index in [0.29, 0.717) is 12.2 Å². The number of hydrogen-bond donors (Lipinski definition) is 0. The van der Waals surface area contributed by atoms with Crippen LogP contribution in [0.1, 0.15) is 16.1 Å². The van der Waals surface area contributed by atoms with Gasteiger partial charge in [0.1, 0.15) is 5.69 Å². The van der Waals surface area contributed by atoms with Gasteiger partial charge in [0.2, 0.25) is 0 Å². The van der Waals surface area contributed by atoms with Crippen molar-refractivity contribution in [1.82, 2.24) is 24.5 Å². The normalized spacial score (nSPS) is 10.6. The van der Waals surface area contributed by atoms with Crippen molar-refractivity contribution in [2.24, 2.45) is 7.05 Å². The standard InChI is InChI=1S/C17H17N5O2/c1-20(11-13-10-18-21(2)12-13)17(24)15-8-9-16(23)22(19-15)14-6-4-3-5-7-14/h3-10,12H,11H2,1-2H3. The second kappa shape index (κ2) is 6.49. The van der Waals surface area contributed by atoms with Gasteiger partial charge in [-0.15, -0.1) is 0 Å². The summed E-state index contributed by atoms with van der Waals surface area (Å²) in [5, 5.41) is 8.29. The summed E-state index contributed by atoms with van der Waals surface area (Å²) in [5.74, 6) is -0.261. The number of hydrogen-bond acceptors (Lipinski definition) is 4. The third kappa shape index (κ3) is 3.24. The molecule has 24 heavy (non-hydrogen) atoms. The average molecular weight is 323 g/mol. The molecule has 0 spiro atoms. The predicted molar refractivity (Wildman–Crippen MR) is 88.8 cm³/mol. The van der Waals surface area contributed by atoms with Crippen LogP contribution in [-0.2, 0) is 13.6 Å². The first-order chi connectivity index (χ1) is 11.5. The lowest BCUT2D eigenvalue weighted by molar-refractivity contribution is 0.0777. The second-order valence-electron chi connectivity index (χ2n) is 5.49. The fourth-order valence-electron chi connectivity index (χ4n) is 2.37. The van der Waals surface area contributed by atoms with E-state index in [-0.39, 0.29) is 17.2 Å². The number of aryl methyl sites for hydroxylation is 1. The molecule has 0 fully saturated rings. The van der Waals surface area contributed by atoms with Gasteiger partial charge in [-0.3, -0.25) is 14.3 Å². The lowest BCUT2D eigenvalue weighted by Crippen LogP contribution is -2.30. The minimum Gasteiger partial charge on any atom is -0.336 e. The molecular formula is C17H17N5O2. The molecule has 1 amide bonds. The molecule has 7 nitrogen and oxygen atoms in total. The van der Waals surface area contributed by atoms with Crippen LogP contribution in [0.3, 0.4) is 0 Å². The predicted octanol–water partition coefficient (Wildman–Crippen LogP) is 1.24. The SMILES string of the molecule is CN(Cc1cnn(C)c1)C(=O)c1ccc(=O)n(-c2ccccc2)n1. The zero-order valence-corrected chi connectivity index (χ0v) is 13.5. The molecule has 1 aromatic carbocycles. The van der Waals surface area contributed by atoms with Crippen molar-refractivity contribution in [2.45, 2.75) is 6.54 Å². The van der Waals surface area contributed by atoms with E-state index < -0.39 is 0 Å². The Morgan fingerprint density at radius 1 is 1.17 bits per heavy atom. The van der Waals surface area contributed by atoms with Crippen LogP contribution in [0.5, 0.6) is 0 Å². The third-order valence-corrected chi connectivity index (χ3v) is 3.54. The molecule has 3 rings (SSSR count). The summed E-state index contributed by atoms with van der Waals surface area (Å²) >= 11 is 0. The Bertz CT molecular complexity index is 914. The largest absolute Gasteiger partial charge is 0.336 e. The smallest absolute Gasteiger partial charge is 0.274 e. The van der Waals surface area contributed by atoms with Gasteiger partial charge in [0.05, 0.1) is 11.9 Å². The molecule has 0 aliphatic rings. The van der Waals surface area contributed by atoms with Crippen LogP contribution in [0, 0.1) is 0 Å². The Labute approximate surface area is 138 Å². The molecule has 7 heteroatoms. The van der Waals surface area contributed by atoms with Crippen molar-refractivity contribution in [3.8, 4) is 5.69 Å². The van der Waals surface area contributed by atoms with Crippen LogP contribution < -0.4 is 5.56 Å². The zero-order valence-electron chi connectivity index (χ0n) is 13.5.